The van der Waals surface area contributed by atoms with Crippen LogP contribution in [0.25, 0.3) is 0 Å². The summed E-state index contributed by atoms with van der Waals surface area (Å²) in [5.74, 6) is 0. The summed E-state index contributed by atoms with van der Waals surface area (Å²) in [5.41, 5.74) is 5.56. The number of thiophene rings is 2. The Morgan fingerprint density at radius 1 is 1.30 bits per heavy atom. The van der Waals surface area contributed by atoms with Gasteiger partial charge in [0.1, 0.15) is 0 Å². The number of nitrogens with two attached hydrogens (primary N) is 1. The molecule has 0 aliphatic carbocycles. The van der Waals surface area contributed by atoms with Gasteiger partial charge in [-0.1, -0.05) is 6.07 Å². The molecule has 0 saturated heterocycles. The monoisotopic (exact) mass is 330 g/mol. The van der Waals surface area contributed by atoms with Crippen molar-refractivity contribution in [2.24, 2.45) is 5.73 Å². The summed E-state index contributed by atoms with van der Waals surface area (Å²) in [6, 6.07) is 5.46. The molecule has 0 bridgehead atoms. The molecule has 0 atom stereocenters. The van der Waals surface area contributed by atoms with Gasteiger partial charge in [0, 0.05) is 34.3 Å². The lowest BCUT2D eigenvalue weighted by Gasteiger charge is -2.24. The van der Waals surface area contributed by atoms with Crippen LogP contribution in [-0.2, 0) is 23.1 Å². The van der Waals surface area contributed by atoms with Crippen LogP contribution in [-0.4, -0.2) is 18.8 Å². The zero-order valence-electron chi connectivity index (χ0n) is 11.4. The van der Waals surface area contributed by atoms with Crippen molar-refractivity contribution < 1.29 is 8.42 Å². The summed E-state index contributed by atoms with van der Waals surface area (Å²) in [5, 5.41) is 3.62. The highest BCUT2D eigenvalue weighted by Crippen LogP contribution is 2.26. The molecule has 20 heavy (non-hydrogen) atoms. The Bertz CT molecular complexity index is 645. The van der Waals surface area contributed by atoms with Crippen molar-refractivity contribution in [3.05, 3.63) is 38.7 Å². The SMILES string of the molecule is CC(C)N(Cc1cccs1)S(=O)(=O)c1csc(CN)c1. The maximum atomic E-state index is 12.7. The smallest absolute Gasteiger partial charge is 0.244 e. The lowest BCUT2D eigenvalue weighted by molar-refractivity contribution is 0.350. The summed E-state index contributed by atoms with van der Waals surface area (Å²) in [7, 11) is -3.47. The molecule has 0 fully saturated rings. The molecule has 0 unspecified atom stereocenters. The van der Waals surface area contributed by atoms with Crippen molar-refractivity contribution in [2.75, 3.05) is 0 Å². The number of sulfonamides is 1. The minimum absolute atomic E-state index is 0.0941. The van der Waals surface area contributed by atoms with E-state index in [-0.39, 0.29) is 6.04 Å². The molecule has 2 rings (SSSR count). The third-order valence-corrected chi connectivity index (χ3v) is 6.87. The number of nitrogens with zero attached hydrogens (tertiary/aromatic N) is 1. The maximum Gasteiger partial charge on any atom is 0.244 e. The highest BCUT2D eigenvalue weighted by Gasteiger charge is 2.28. The topological polar surface area (TPSA) is 63.4 Å². The van der Waals surface area contributed by atoms with E-state index in [0.717, 1.165) is 9.75 Å². The Hall–Kier alpha value is -0.730. The van der Waals surface area contributed by atoms with E-state index in [1.807, 2.05) is 31.4 Å². The van der Waals surface area contributed by atoms with Gasteiger partial charge in [0.25, 0.3) is 0 Å². The molecule has 110 valence electrons. The van der Waals surface area contributed by atoms with Crippen LogP contribution in [0.3, 0.4) is 0 Å². The van der Waals surface area contributed by atoms with Gasteiger partial charge in [-0.25, -0.2) is 8.42 Å². The van der Waals surface area contributed by atoms with Crippen LogP contribution in [0, 0.1) is 0 Å². The Morgan fingerprint density at radius 2 is 2.05 bits per heavy atom. The van der Waals surface area contributed by atoms with E-state index in [9.17, 15) is 8.42 Å². The summed E-state index contributed by atoms with van der Waals surface area (Å²) in [6.45, 7) is 4.56. The van der Waals surface area contributed by atoms with E-state index in [1.54, 1.807) is 22.8 Å². The van der Waals surface area contributed by atoms with Crippen LogP contribution in [0.5, 0.6) is 0 Å². The second kappa shape index (κ2) is 6.36. The molecule has 0 aromatic carbocycles. The molecular formula is C13H18N2O2S3. The molecule has 7 heteroatoms. The molecule has 2 aromatic heterocycles. The van der Waals surface area contributed by atoms with Crippen molar-refractivity contribution in [3.63, 3.8) is 0 Å². The molecule has 4 nitrogen and oxygen atoms in total. The van der Waals surface area contributed by atoms with Gasteiger partial charge in [-0.2, -0.15) is 4.31 Å². The Morgan fingerprint density at radius 3 is 2.55 bits per heavy atom. The van der Waals surface area contributed by atoms with Crippen molar-refractivity contribution in [3.8, 4) is 0 Å². The van der Waals surface area contributed by atoms with Crippen LogP contribution < -0.4 is 5.73 Å². The number of rotatable bonds is 6. The summed E-state index contributed by atoms with van der Waals surface area (Å²) in [6.07, 6.45) is 0. The van der Waals surface area contributed by atoms with Crippen LogP contribution in [0.1, 0.15) is 23.6 Å². The third kappa shape index (κ3) is 3.29. The number of hydrogen-bond acceptors (Lipinski definition) is 5. The Balaban J connectivity index is 2.32. The quantitative estimate of drug-likeness (QED) is 0.886. The average molecular weight is 331 g/mol. The predicted octanol–water partition coefficient (Wildman–Crippen LogP) is 2.87. The molecular weight excluding hydrogens is 312 g/mol. The van der Waals surface area contributed by atoms with Gasteiger partial charge in [0.15, 0.2) is 0 Å². The van der Waals surface area contributed by atoms with Crippen molar-refractivity contribution >= 4 is 32.7 Å². The maximum absolute atomic E-state index is 12.7. The third-order valence-electron chi connectivity index (χ3n) is 2.91. The first-order chi connectivity index (χ1) is 9.45. The second-order valence-electron chi connectivity index (χ2n) is 4.68. The molecule has 2 heterocycles. The Kier molecular flexibility index (Phi) is 4.98. The molecule has 0 amide bonds. The fourth-order valence-electron chi connectivity index (χ4n) is 1.84. The highest BCUT2D eigenvalue weighted by molar-refractivity contribution is 7.89. The van der Waals surface area contributed by atoms with Crippen LogP contribution in [0.4, 0.5) is 0 Å². The standard InChI is InChI=1S/C13H18N2O2S3/c1-10(2)15(8-11-4-3-5-18-11)20(16,17)13-6-12(7-14)19-9-13/h3-6,9-10H,7-8,14H2,1-2H3. The van der Waals surface area contributed by atoms with Crippen LogP contribution >= 0.6 is 22.7 Å². The fourth-order valence-corrected chi connectivity index (χ4v) is 5.38. The molecule has 2 aromatic rings. The molecule has 0 radical (unpaired) electrons. The zero-order chi connectivity index (χ0) is 14.8. The average Bonchev–Trinajstić information content (AvgIpc) is 3.06. The van der Waals surface area contributed by atoms with Gasteiger partial charge >= 0.3 is 0 Å². The molecule has 0 spiro atoms. The van der Waals surface area contributed by atoms with E-state index >= 15 is 0 Å². The van der Waals surface area contributed by atoms with E-state index in [0.29, 0.717) is 18.0 Å². The molecule has 0 aliphatic rings. The molecule has 2 N–H and O–H groups in total. The summed E-state index contributed by atoms with van der Waals surface area (Å²) in [4.78, 5) is 2.26. The second-order valence-corrected chi connectivity index (χ2v) is 8.59. The fraction of sp³-hybridized carbons (Fsp3) is 0.385. The predicted molar refractivity (Wildman–Crippen MR) is 84.4 cm³/mol. The Labute approximate surface area is 127 Å². The van der Waals surface area contributed by atoms with Gasteiger partial charge in [0.05, 0.1) is 4.90 Å². The lowest BCUT2D eigenvalue weighted by atomic mass is 10.4. The van der Waals surface area contributed by atoms with Crippen molar-refractivity contribution in [1.29, 1.82) is 0 Å². The first kappa shape index (κ1) is 15.7. The van der Waals surface area contributed by atoms with E-state index in [2.05, 4.69) is 0 Å². The molecule has 0 saturated carbocycles. The number of hydrogen-bond donors (Lipinski definition) is 1. The summed E-state index contributed by atoms with van der Waals surface area (Å²) < 4.78 is 27.0. The van der Waals surface area contributed by atoms with Gasteiger partial charge in [0.2, 0.25) is 10.0 Å². The van der Waals surface area contributed by atoms with E-state index in [4.69, 9.17) is 5.73 Å². The van der Waals surface area contributed by atoms with Gasteiger partial charge in [-0.3, -0.25) is 0 Å². The normalized spacial score (nSPS) is 12.4. The zero-order valence-corrected chi connectivity index (χ0v) is 13.9. The first-order valence-electron chi connectivity index (χ1n) is 6.27. The highest BCUT2D eigenvalue weighted by atomic mass is 32.2. The molecule has 0 aliphatic heterocycles. The van der Waals surface area contributed by atoms with Gasteiger partial charge < -0.3 is 5.73 Å². The van der Waals surface area contributed by atoms with Crippen LogP contribution in [0.2, 0.25) is 0 Å². The van der Waals surface area contributed by atoms with Crippen molar-refractivity contribution in [2.45, 2.75) is 37.9 Å². The van der Waals surface area contributed by atoms with Crippen LogP contribution in [0.15, 0.2) is 33.9 Å². The summed E-state index contributed by atoms with van der Waals surface area (Å²) >= 11 is 2.95. The minimum atomic E-state index is -3.47. The van der Waals surface area contributed by atoms with Gasteiger partial charge in [-0.15, -0.1) is 22.7 Å². The first-order valence-corrected chi connectivity index (χ1v) is 9.46. The van der Waals surface area contributed by atoms with E-state index in [1.165, 1.54) is 15.6 Å². The largest absolute Gasteiger partial charge is 0.326 e. The van der Waals surface area contributed by atoms with E-state index < -0.39 is 10.0 Å². The lowest BCUT2D eigenvalue weighted by Crippen LogP contribution is -2.35. The van der Waals surface area contributed by atoms with Crippen molar-refractivity contribution in [1.82, 2.24) is 4.31 Å². The van der Waals surface area contributed by atoms with Gasteiger partial charge in [-0.05, 0) is 31.4 Å². The minimum Gasteiger partial charge on any atom is -0.326 e.